The Balaban J connectivity index is 2.33. The first-order valence-electron chi connectivity index (χ1n) is 6.59. The van der Waals surface area contributed by atoms with Crippen LogP contribution in [0.4, 0.5) is 0 Å². The van der Waals surface area contributed by atoms with Crippen molar-refractivity contribution in [2.24, 2.45) is 5.73 Å². The van der Waals surface area contributed by atoms with Gasteiger partial charge in [-0.05, 0) is 26.0 Å². The maximum atomic E-state index is 9.97. The van der Waals surface area contributed by atoms with Crippen LogP contribution in [-0.2, 0) is 6.54 Å². The van der Waals surface area contributed by atoms with Crippen molar-refractivity contribution in [1.82, 2.24) is 9.78 Å². The normalized spacial score (nSPS) is 11.2. The summed E-state index contributed by atoms with van der Waals surface area (Å²) in [5.41, 5.74) is 9.80. The number of rotatable bonds is 2. The molecular formula is C16H17N3O. The average Bonchev–Trinajstić information content (AvgIpc) is 2.73. The fraction of sp³-hybridized carbons (Fsp3) is 0.188. The molecule has 1 heterocycles. The zero-order valence-electron chi connectivity index (χ0n) is 11.6. The van der Waals surface area contributed by atoms with Gasteiger partial charge in [0.25, 0.3) is 0 Å². The third-order valence-electron chi connectivity index (χ3n) is 3.75. The van der Waals surface area contributed by atoms with Crippen LogP contribution in [0.15, 0.2) is 36.4 Å². The van der Waals surface area contributed by atoms with Crippen LogP contribution in [0.25, 0.3) is 16.5 Å². The maximum Gasteiger partial charge on any atom is 0.123 e. The van der Waals surface area contributed by atoms with E-state index in [1.165, 1.54) is 0 Å². The highest BCUT2D eigenvalue weighted by atomic mass is 16.3. The molecule has 0 spiro atoms. The second kappa shape index (κ2) is 4.65. The molecule has 0 saturated heterocycles. The van der Waals surface area contributed by atoms with Gasteiger partial charge in [0.2, 0.25) is 0 Å². The molecule has 1 aromatic heterocycles. The van der Waals surface area contributed by atoms with Gasteiger partial charge in [0.15, 0.2) is 0 Å². The van der Waals surface area contributed by atoms with Crippen LogP contribution in [0.2, 0.25) is 0 Å². The first-order chi connectivity index (χ1) is 9.63. The van der Waals surface area contributed by atoms with E-state index in [-0.39, 0.29) is 5.75 Å². The standard InChI is InChI=1S/C16H17N3O/c1-10-14(9-17)11(2)19(18-10)15-7-3-6-13-12(15)5-4-8-16(13)20/h3-8,20H,9,17H2,1-2H3. The van der Waals surface area contributed by atoms with Crippen molar-refractivity contribution in [1.29, 1.82) is 0 Å². The molecule has 3 rings (SSSR count). The number of phenols is 1. The lowest BCUT2D eigenvalue weighted by Gasteiger charge is -2.10. The summed E-state index contributed by atoms with van der Waals surface area (Å²) in [6, 6.07) is 11.4. The van der Waals surface area contributed by atoms with Crippen LogP contribution in [0.3, 0.4) is 0 Å². The molecule has 0 atom stereocenters. The lowest BCUT2D eigenvalue weighted by molar-refractivity contribution is 0.481. The van der Waals surface area contributed by atoms with Crippen molar-refractivity contribution < 1.29 is 5.11 Å². The van der Waals surface area contributed by atoms with Crippen molar-refractivity contribution in [2.45, 2.75) is 20.4 Å². The molecule has 4 heteroatoms. The van der Waals surface area contributed by atoms with Gasteiger partial charge in [-0.15, -0.1) is 0 Å². The van der Waals surface area contributed by atoms with Gasteiger partial charge in [-0.25, -0.2) is 4.68 Å². The van der Waals surface area contributed by atoms with Crippen molar-refractivity contribution in [2.75, 3.05) is 0 Å². The predicted molar refractivity (Wildman–Crippen MR) is 80.1 cm³/mol. The number of phenolic OH excluding ortho intramolecular Hbond substituents is 1. The minimum atomic E-state index is 0.282. The molecule has 0 amide bonds. The van der Waals surface area contributed by atoms with E-state index in [9.17, 15) is 5.11 Å². The predicted octanol–water partition coefficient (Wildman–Crippen LogP) is 2.81. The van der Waals surface area contributed by atoms with E-state index in [1.54, 1.807) is 6.07 Å². The first-order valence-corrected chi connectivity index (χ1v) is 6.59. The van der Waals surface area contributed by atoms with E-state index in [1.807, 2.05) is 48.9 Å². The number of nitrogens with zero attached hydrogens (tertiary/aromatic N) is 2. The molecule has 20 heavy (non-hydrogen) atoms. The molecule has 102 valence electrons. The largest absolute Gasteiger partial charge is 0.507 e. The van der Waals surface area contributed by atoms with Gasteiger partial charge in [0.1, 0.15) is 5.75 Å². The number of aromatic hydroxyl groups is 1. The number of aromatic nitrogens is 2. The lowest BCUT2D eigenvalue weighted by atomic mass is 10.1. The molecule has 4 nitrogen and oxygen atoms in total. The second-order valence-corrected chi connectivity index (χ2v) is 4.91. The van der Waals surface area contributed by atoms with Crippen molar-refractivity contribution in [3.63, 3.8) is 0 Å². The monoisotopic (exact) mass is 267 g/mol. The molecular weight excluding hydrogens is 250 g/mol. The summed E-state index contributed by atoms with van der Waals surface area (Å²) < 4.78 is 1.90. The van der Waals surface area contributed by atoms with Crippen LogP contribution in [-0.4, -0.2) is 14.9 Å². The summed E-state index contributed by atoms with van der Waals surface area (Å²) >= 11 is 0. The van der Waals surface area contributed by atoms with Gasteiger partial charge >= 0.3 is 0 Å². The summed E-state index contributed by atoms with van der Waals surface area (Å²) in [7, 11) is 0. The number of fused-ring (bicyclic) bond motifs is 1. The van der Waals surface area contributed by atoms with Crippen molar-refractivity contribution in [3.8, 4) is 11.4 Å². The molecule has 0 aliphatic heterocycles. The summed E-state index contributed by atoms with van der Waals surface area (Å²) in [5, 5.41) is 16.4. The molecule has 3 N–H and O–H groups in total. The summed E-state index contributed by atoms with van der Waals surface area (Å²) in [4.78, 5) is 0. The Hall–Kier alpha value is -2.33. The average molecular weight is 267 g/mol. The summed E-state index contributed by atoms with van der Waals surface area (Å²) in [6.07, 6.45) is 0. The van der Waals surface area contributed by atoms with Crippen LogP contribution in [0.1, 0.15) is 17.0 Å². The van der Waals surface area contributed by atoms with Gasteiger partial charge in [-0.1, -0.05) is 24.3 Å². The van der Waals surface area contributed by atoms with E-state index < -0.39 is 0 Å². The number of nitrogens with two attached hydrogens (primary N) is 1. The van der Waals surface area contributed by atoms with Gasteiger partial charge in [0.05, 0.1) is 11.4 Å². The highest BCUT2D eigenvalue weighted by Crippen LogP contribution is 2.30. The molecule has 0 unspecified atom stereocenters. The molecule has 0 aliphatic rings. The smallest absolute Gasteiger partial charge is 0.123 e. The molecule has 0 aliphatic carbocycles. The molecule has 0 radical (unpaired) electrons. The molecule has 3 aromatic rings. The number of benzene rings is 2. The van der Waals surface area contributed by atoms with E-state index >= 15 is 0 Å². The Morgan fingerprint density at radius 1 is 1.10 bits per heavy atom. The van der Waals surface area contributed by atoms with Gasteiger partial charge in [0, 0.05) is 28.6 Å². The van der Waals surface area contributed by atoms with Gasteiger partial charge in [-0.3, -0.25) is 0 Å². The Labute approximate surface area is 117 Å². The number of hydrogen-bond acceptors (Lipinski definition) is 3. The van der Waals surface area contributed by atoms with Gasteiger partial charge in [-0.2, -0.15) is 5.10 Å². The minimum Gasteiger partial charge on any atom is -0.507 e. The van der Waals surface area contributed by atoms with E-state index in [0.717, 1.165) is 33.4 Å². The number of hydrogen-bond donors (Lipinski definition) is 2. The number of aryl methyl sites for hydroxylation is 1. The lowest BCUT2D eigenvalue weighted by Crippen LogP contribution is -2.02. The zero-order valence-corrected chi connectivity index (χ0v) is 11.6. The third-order valence-corrected chi connectivity index (χ3v) is 3.75. The first kappa shape index (κ1) is 12.7. The summed E-state index contributed by atoms with van der Waals surface area (Å²) in [5.74, 6) is 0.282. The Bertz CT molecular complexity index is 790. The Morgan fingerprint density at radius 3 is 2.50 bits per heavy atom. The van der Waals surface area contributed by atoms with E-state index in [0.29, 0.717) is 6.54 Å². The SMILES string of the molecule is Cc1nn(-c2cccc3c(O)cccc23)c(C)c1CN. The fourth-order valence-electron chi connectivity index (χ4n) is 2.67. The Morgan fingerprint density at radius 2 is 1.80 bits per heavy atom. The zero-order chi connectivity index (χ0) is 14.3. The van der Waals surface area contributed by atoms with Crippen LogP contribution < -0.4 is 5.73 Å². The molecule has 0 saturated carbocycles. The van der Waals surface area contributed by atoms with E-state index in [4.69, 9.17) is 5.73 Å². The van der Waals surface area contributed by atoms with Crippen LogP contribution >= 0.6 is 0 Å². The van der Waals surface area contributed by atoms with Crippen molar-refractivity contribution in [3.05, 3.63) is 53.3 Å². The van der Waals surface area contributed by atoms with Crippen molar-refractivity contribution >= 4 is 10.8 Å². The minimum absolute atomic E-state index is 0.282. The third kappa shape index (κ3) is 1.77. The fourth-order valence-corrected chi connectivity index (χ4v) is 2.67. The highest BCUT2D eigenvalue weighted by molar-refractivity contribution is 5.94. The second-order valence-electron chi connectivity index (χ2n) is 4.91. The van der Waals surface area contributed by atoms with Gasteiger partial charge < -0.3 is 10.8 Å². The molecule has 0 bridgehead atoms. The van der Waals surface area contributed by atoms with E-state index in [2.05, 4.69) is 5.10 Å². The summed E-state index contributed by atoms with van der Waals surface area (Å²) in [6.45, 7) is 4.46. The molecule has 2 aromatic carbocycles. The maximum absolute atomic E-state index is 9.97. The van der Waals surface area contributed by atoms with Crippen LogP contribution in [0, 0.1) is 13.8 Å². The topological polar surface area (TPSA) is 64.1 Å². The quantitative estimate of drug-likeness (QED) is 0.750. The highest BCUT2D eigenvalue weighted by Gasteiger charge is 2.13. The Kier molecular flexibility index (Phi) is 2.95. The van der Waals surface area contributed by atoms with Crippen LogP contribution in [0.5, 0.6) is 5.75 Å². The molecule has 0 fully saturated rings.